The van der Waals surface area contributed by atoms with Crippen LogP contribution in [0.4, 0.5) is 22.7 Å². The van der Waals surface area contributed by atoms with Gasteiger partial charge in [0.25, 0.3) is 0 Å². The largest absolute Gasteiger partial charge is 0.453 e. The minimum Gasteiger partial charge on any atom is -0.453 e. The van der Waals surface area contributed by atoms with Gasteiger partial charge in [0.15, 0.2) is 17.2 Å². The third-order valence-electron chi connectivity index (χ3n) is 5.96. The first-order valence-electron chi connectivity index (χ1n) is 11.0. The number of benzene rings is 4. The topological polar surface area (TPSA) is 29.7 Å². The van der Waals surface area contributed by atoms with Crippen molar-refractivity contribution < 1.29 is 4.74 Å². The normalized spacial score (nSPS) is 11.7. The Balaban J connectivity index is 1.46. The van der Waals surface area contributed by atoms with Crippen molar-refractivity contribution in [3.8, 4) is 33.8 Å². The van der Waals surface area contributed by atoms with Crippen LogP contribution in [0.5, 0.6) is 11.5 Å². The lowest BCUT2D eigenvalue weighted by Gasteiger charge is -2.33. The molecule has 1 aliphatic heterocycles. The van der Waals surface area contributed by atoms with E-state index in [1.54, 1.807) is 18.5 Å². The quantitative estimate of drug-likeness (QED) is 0.260. The number of aromatic nitrogens is 1. The zero-order chi connectivity index (χ0) is 22.9. The SMILES string of the molecule is [C-]#[N+]c1ccncc1-c1cccc(-c2cccc(N3c4ccccc4Oc4ccccc43)c2)c1. The summed E-state index contributed by atoms with van der Waals surface area (Å²) in [6, 6.07) is 34.7. The number of nitrogens with zero attached hydrogens (tertiary/aromatic N) is 3. The third kappa shape index (κ3) is 3.37. The molecule has 0 spiro atoms. The van der Waals surface area contributed by atoms with Crippen molar-refractivity contribution in [1.82, 2.24) is 4.98 Å². The van der Waals surface area contributed by atoms with Gasteiger partial charge in [-0.3, -0.25) is 4.98 Å². The molecule has 1 aliphatic rings. The van der Waals surface area contributed by atoms with Crippen LogP contribution < -0.4 is 9.64 Å². The Morgan fingerprint density at radius 3 is 2.06 bits per heavy atom. The van der Waals surface area contributed by atoms with Crippen molar-refractivity contribution >= 4 is 22.7 Å². The molecule has 0 saturated heterocycles. The van der Waals surface area contributed by atoms with Crippen LogP contribution in [0.25, 0.3) is 27.1 Å². The molecule has 0 bridgehead atoms. The van der Waals surface area contributed by atoms with Gasteiger partial charge in [-0.25, -0.2) is 4.85 Å². The molecule has 1 aromatic heterocycles. The van der Waals surface area contributed by atoms with Gasteiger partial charge in [0, 0.05) is 23.6 Å². The maximum atomic E-state index is 7.49. The van der Waals surface area contributed by atoms with E-state index in [1.807, 2.05) is 48.5 Å². The van der Waals surface area contributed by atoms with Crippen LogP contribution in [0, 0.1) is 6.57 Å². The van der Waals surface area contributed by atoms with Crippen molar-refractivity contribution in [2.45, 2.75) is 0 Å². The molecule has 4 heteroatoms. The van der Waals surface area contributed by atoms with Gasteiger partial charge in [-0.1, -0.05) is 54.6 Å². The Kier molecular flexibility index (Phi) is 4.79. The lowest BCUT2D eigenvalue weighted by atomic mass is 9.98. The number of ether oxygens (including phenoxy) is 1. The van der Waals surface area contributed by atoms with Crippen LogP contribution in [0.2, 0.25) is 0 Å². The van der Waals surface area contributed by atoms with E-state index in [9.17, 15) is 0 Å². The first-order chi connectivity index (χ1) is 16.8. The highest BCUT2D eigenvalue weighted by Crippen LogP contribution is 2.50. The first kappa shape index (κ1) is 19.8. The number of pyridine rings is 1. The average Bonchev–Trinajstić information content (AvgIpc) is 2.91. The van der Waals surface area contributed by atoms with Crippen LogP contribution >= 0.6 is 0 Å². The summed E-state index contributed by atoms with van der Waals surface area (Å²) in [5.74, 6) is 1.66. The molecule has 0 atom stereocenters. The predicted molar refractivity (Wildman–Crippen MR) is 136 cm³/mol. The number of rotatable bonds is 3. The zero-order valence-electron chi connectivity index (χ0n) is 18.2. The summed E-state index contributed by atoms with van der Waals surface area (Å²) in [5, 5.41) is 0. The predicted octanol–water partition coefficient (Wildman–Crippen LogP) is 8.54. The molecule has 0 N–H and O–H groups in total. The van der Waals surface area contributed by atoms with Crippen LogP contribution in [0.3, 0.4) is 0 Å². The Morgan fingerprint density at radius 2 is 1.32 bits per heavy atom. The van der Waals surface area contributed by atoms with E-state index in [1.165, 1.54) is 0 Å². The van der Waals surface area contributed by atoms with Gasteiger partial charge in [-0.05, 0) is 65.2 Å². The molecule has 0 saturated carbocycles. The maximum absolute atomic E-state index is 7.49. The smallest absolute Gasteiger partial charge is 0.197 e. The van der Waals surface area contributed by atoms with Gasteiger partial charge < -0.3 is 9.64 Å². The summed E-state index contributed by atoms with van der Waals surface area (Å²) in [7, 11) is 0. The number of anilines is 3. The average molecular weight is 438 g/mol. The van der Waals surface area contributed by atoms with Crippen molar-refractivity contribution in [3.63, 3.8) is 0 Å². The fourth-order valence-electron chi connectivity index (χ4n) is 4.38. The second-order valence-corrected chi connectivity index (χ2v) is 8.01. The molecule has 4 nitrogen and oxygen atoms in total. The van der Waals surface area contributed by atoms with E-state index in [4.69, 9.17) is 11.3 Å². The number of para-hydroxylation sites is 4. The molecule has 34 heavy (non-hydrogen) atoms. The molecular formula is C30H19N3O. The Labute approximate surface area is 198 Å². The minimum absolute atomic E-state index is 0.599. The van der Waals surface area contributed by atoms with Gasteiger partial charge in [0.05, 0.1) is 17.9 Å². The minimum atomic E-state index is 0.599. The Morgan fingerprint density at radius 1 is 0.676 bits per heavy atom. The van der Waals surface area contributed by atoms with E-state index >= 15 is 0 Å². The molecule has 160 valence electrons. The molecule has 5 aromatic rings. The number of fused-ring (bicyclic) bond motifs is 2. The molecule has 4 aromatic carbocycles. The number of hydrogen-bond acceptors (Lipinski definition) is 3. The van der Waals surface area contributed by atoms with E-state index < -0.39 is 0 Å². The Hall–Kier alpha value is -4.88. The summed E-state index contributed by atoms with van der Waals surface area (Å²) >= 11 is 0. The highest BCUT2D eigenvalue weighted by molar-refractivity contribution is 5.88. The monoisotopic (exact) mass is 437 g/mol. The highest BCUT2D eigenvalue weighted by atomic mass is 16.5. The zero-order valence-corrected chi connectivity index (χ0v) is 18.2. The van der Waals surface area contributed by atoms with Crippen LogP contribution in [0.1, 0.15) is 0 Å². The lowest BCUT2D eigenvalue weighted by Crippen LogP contribution is -2.15. The summed E-state index contributed by atoms with van der Waals surface area (Å²) in [6.07, 6.45) is 3.41. The molecule has 0 aliphatic carbocycles. The Bertz CT molecular complexity index is 1520. The molecule has 0 unspecified atom stereocenters. The summed E-state index contributed by atoms with van der Waals surface area (Å²) < 4.78 is 6.16. The molecule has 0 radical (unpaired) electrons. The fourth-order valence-corrected chi connectivity index (χ4v) is 4.38. The van der Waals surface area contributed by atoms with Crippen LogP contribution in [-0.4, -0.2) is 4.98 Å². The van der Waals surface area contributed by atoms with Crippen molar-refractivity contribution in [2.75, 3.05) is 4.90 Å². The van der Waals surface area contributed by atoms with Gasteiger partial charge in [-0.2, -0.15) is 0 Å². The van der Waals surface area contributed by atoms with Gasteiger partial charge >= 0.3 is 0 Å². The molecule has 0 fully saturated rings. The van der Waals surface area contributed by atoms with Crippen LogP contribution in [-0.2, 0) is 0 Å². The molecular weight excluding hydrogens is 418 g/mol. The van der Waals surface area contributed by atoms with Crippen molar-refractivity contribution in [3.05, 3.63) is 127 Å². The second-order valence-electron chi connectivity index (χ2n) is 8.01. The highest BCUT2D eigenvalue weighted by Gasteiger charge is 2.25. The maximum Gasteiger partial charge on any atom is 0.197 e. The molecule has 2 heterocycles. The first-order valence-corrected chi connectivity index (χ1v) is 11.0. The van der Waals surface area contributed by atoms with E-state index in [-0.39, 0.29) is 0 Å². The summed E-state index contributed by atoms with van der Waals surface area (Å²) in [5.41, 5.74) is 7.64. The third-order valence-corrected chi connectivity index (χ3v) is 5.96. The second kappa shape index (κ2) is 8.23. The van der Waals surface area contributed by atoms with Crippen molar-refractivity contribution in [2.24, 2.45) is 0 Å². The molecule has 6 rings (SSSR count). The number of hydrogen-bond donors (Lipinski definition) is 0. The molecule has 0 amide bonds. The van der Waals surface area contributed by atoms with Gasteiger partial charge in [-0.15, -0.1) is 0 Å². The van der Waals surface area contributed by atoms with Gasteiger partial charge in [0.1, 0.15) is 0 Å². The van der Waals surface area contributed by atoms with E-state index in [2.05, 4.69) is 63.3 Å². The lowest BCUT2D eigenvalue weighted by molar-refractivity contribution is 0.477. The van der Waals surface area contributed by atoms with Crippen LogP contribution in [0.15, 0.2) is 116 Å². The standard InChI is InChI=1S/C30H19N3O/c1-31-26-16-17-32-20-25(26)23-10-6-8-21(18-23)22-9-7-11-24(19-22)33-27-12-2-4-14-29(27)34-30-15-5-3-13-28(30)33/h2-20H. The summed E-state index contributed by atoms with van der Waals surface area (Å²) in [6.45, 7) is 7.49. The summed E-state index contributed by atoms with van der Waals surface area (Å²) in [4.78, 5) is 10.1. The van der Waals surface area contributed by atoms with Crippen molar-refractivity contribution in [1.29, 1.82) is 0 Å². The van der Waals surface area contributed by atoms with Gasteiger partial charge in [0.2, 0.25) is 0 Å². The van der Waals surface area contributed by atoms with E-state index in [0.717, 1.165) is 50.8 Å². The fraction of sp³-hybridized carbons (Fsp3) is 0. The van der Waals surface area contributed by atoms with E-state index in [0.29, 0.717) is 5.69 Å².